The summed E-state index contributed by atoms with van der Waals surface area (Å²) in [4.78, 5) is 23.3. The van der Waals surface area contributed by atoms with Crippen molar-refractivity contribution in [2.24, 2.45) is 0 Å². The average molecular weight is 295 g/mol. The number of nitrogens with zero attached hydrogens (tertiary/aromatic N) is 4. The van der Waals surface area contributed by atoms with Crippen molar-refractivity contribution >= 4 is 33.9 Å². The number of ether oxygens (including phenoxy) is 1. The quantitative estimate of drug-likeness (QED) is 0.852. The zero-order valence-corrected chi connectivity index (χ0v) is 12.3. The fraction of sp³-hybridized carbons (Fsp3) is 0.500. The van der Waals surface area contributed by atoms with E-state index in [4.69, 9.17) is 10.5 Å². The first-order chi connectivity index (χ1) is 9.61. The van der Waals surface area contributed by atoms with Gasteiger partial charge in [-0.1, -0.05) is 11.8 Å². The van der Waals surface area contributed by atoms with Gasteiger partial charge in [-0.25, -0.2) is 15.0 Å². The van der Waals surface area contributed by atoms with Gasteiger partial charge in [0.15, 0.2) is 16.6 Å². The van der Waals surface area contributed by atoms with Gasteiger partial charge in [-0.15, -0.1) is 0 Å². The summed E-state index contributed by atoms with van der Waals surface area (Å²) in [5.74, 6) is 1.03. The van der Waals surface area contributed by atoms with Crippen molar-refractivity contribution in [3.05, 3.63) is 12.7 Å². The van der Waals surface area contributed by atoms with Gasteiger partial charge in [0, 0.05) is 26.3 Å². The van der Waals surface area contributed by atoms with E-state index in [1.807, 2.05) is 4.57 Å². The van der Waals surface area contributed by atoms with Gasteiger partial charge in [0.25, 0.3) is 0 Å². The number of rotatable bonds is 6. The molecule has 1 unspecified atom stereocenters. The van der Waals surface area contributed by atoms with Gasteiger partial charge < -0.3 is 15.0 Å². The van der Waals surface area contributed by atoms with Crippen molar-refractivity contribution in [3.63, 3.8) is 0 Å². The summed E-state index contributed by atoms with van der Waals surface area (Å²) in [7, 11) is 1.65. The molecule has 2 aromatic rings. The van der Waals surface area contributed by atoms with Crippen molar-refractivity contribution in [3.8, 4) is 0 Å². The van der Waals surface area contributed by atoms with Crippen LogP contribution in [-0.2, 0) is 16.1 Å². The first-order valence-electron chi connectivity index (χ1n) is 6.19. The third-order valence-electron chi connectivity index (χ3n) is 2.93. The number of thioether (sulfide) groups is 1. The van der Waals surface area contributed by atoms with E-state index in [2.05, 4.69) is 15.0 Å². The lowest BCUT2D eigenvalue weighted by Gasteiger charge is -2.14. The third-order valence-corrected chi connectivity index (χ3v) is 3.87. The van der Waals surface area contributed by atoms with Gasteiger partial charge in [-0.3, -0.25) is 4.79 Å². The van der Waals surface area contributed by atoms with Gasteiger partial charge >= 0.3 is 0 Å². The molecule has 2 N–H and O–H groups in total. The smallest absolute Gasteiger partial charge is 0.185 e. The van der Waals surface area contributed by atoms with E-state index in [1.54, 1.807) is 20.4 Å². The number of aryl methyl sites for hydroxylation is 1. The predicted molar refractivity (Wildman–Crippen MR) is 78.3 cm³/mol. The van der Waals surface area contributed by atoms with E-state index in [0.717, 1.165) is 6.42 Å². The van der Waals surface area contributed by atoms with Crippen LogP contribution in [0, 0.1) is 0 Å². The number of carbonyl (C=O) groups excluding carboxylic acids is 1. The Labute approximate surface area is 120 Å². The molecule has 0 fully saturated rings. The number of nitrogen functional groups attached to an aromatic ring is 1. The van der Waals surface area contributed by atoms with Gasteiger partial charge in [-0.2, -0.15) is 0 Å². The minimum atomic E-state index is 0.0144. The van der Waals surface area contributed by atoms with Crippen molar-refractivity contribution in [1.82, 2.24) is 19.5 Å². The Balaban J connectivity index is 2.01. The molecular weight excluding hydrogens is 278 g/mol. The number of imidazole rings is 1. The Bertz CT molecular complexity index is 601. The first-order valence-corrected chi connectivity index (χ1v) is 7.18. The molecule has 0 aromatic carbocycles. The van der Waals surface area contributed by atoms with Crippen LogP contribution in [0.25, 0.3) is 11.2 Å². The maximum atomic E-state index is 11.0. The molecule has 0 aliphatic rings. The number of aromatic nitrogens is 4. The highest BCUT2D eigenvalue weighted by molar-refractivity contribution is 8.13. The number of nitrogens with two attached hydrogens (primary N) is 1. The third kappa shape index (κ3) is 3.45. The number of carbonyl (C=O) groups is 1. The molecule has 2 rings (SSSR count). The van der Waals surface area contributed by atoms with Crippen molar-refractivity contribution in [1.29, 1.82) is 0 Å². The molecule has 2 heterocycles. The monoisotopic (exact) mass is 295 g/mol. The molecular formula is C12H17N5O2S. The van der Waals surface area contributed by atoms with Crippen LogP contribution in [0.2, 0.25) is 0 Å². The Morgan fingerprint density at radius 1 is 1.50 bits per heavy atom. The van der Waals surface area contributed by atoms with Crippen LogP contribution < -0.4 is 5.73 Å². The Morgan fingerprint density at radius 2 is 2.30 bits per heavy atom. The van der Waals surface area contributed by atoms with Crippen LogP contribution in [-0.4, -0.2) is 43.6 Å². The predicted octanol–water partition coefficient (Wildman–Crippen LogP) is 1.09. The van der Waals surface area contributed by atoms with Crippen LogP contribution >= 0.6 is 11.8 Å². The molecule has 20 heavy (non-hydrogen) atoms. The number of methoxy groups -OCH3 is 1. The molecule has 0 aliphatic carbocycles. The molecule has 0 radical (unpaired) electrons. The summed E-state index contributed by atoms with van der Waals surface area (Å²) in [6.45, 7) is 2.25. The molecule has 0 saturated carbocycles. The molecule has 0 amide bonds. The second kappa shape index (κ2) is 6.67. The molecule has 1 atom stereocenters. The maximum absolute atomic E-state index is 11.0. The molecule has 0 spiro atoms. The lowest BCUT2D eigenvalue weighted by Crippen LogP contribution is -2.17. The van der Waals surface area contributed by atoms with E-state index in [1.165, 1.54) is 18.1 Å². The van der Waals surface area contributed by atoms with E-state index in [-0.39, 0.29) is 11.2 Å². The minimum Gasteiger partial charge on any atom is -0.382 e. The average Bonchev–Trinajstić information content (AvgIpc) is 2.83. The fourth-order valence-electron chi connectivity index (χ4n) is 1.82. The Morgan fingerprint density at radius 3 is 3.00 bits per heavy atom. The van der Waals surface area contributed by atoms with Crippen LogP contribution in [0.3, 0.4) is 0 Å². The van der Waals surface area contributed by atoms with Crippen LogP contribution in [0.1, 0.15) is 13.3 Å². The Hall–Kier alpha value is -1.67. The summed E-state index contributed by atoms with van der Waals surface area (Å²) >= 11 is 1.27. The highest BCUT2D eigenvalue weighted by Gasteiger charge is 2.12. The molecule has 0 aliphatic heterocycles. The summed E-state index contributed by atoms with van der Waals surface area (Å²) in [6, 6.07) is 0. The van der Waals surface area contributed by atoms with Crippen molar-refractivity contribution in [2.75, 3.05) is 18.6 Å². The van der Waals surface area contributed by atoms with E-state index in [9.17, 15) is 4.79 Å². The number of hydrogen-bond donors (Lipinski definition) is 1. The normalized spacial score (nSPS) is 12.7. The second-order valence-electron chi connectivity index (χ2n) is 4.32. The van der Waals surface area contributed by atoms with Crippen molar-refractivity contribution in [2.45, 2.75) is 26.0 Å². The highest BCUT2D eigenvalue weighted by atomic mass is 32.2. The largest absolute Gasteiger partial charge is 0.382 e. The van der Waals surface area contributed by atoms with Gasteiger partial charge in [0.2, 0.25) is 0 Å². The van der Waals surface area contributed by atoms with E-state index >= 15 is 0 Å². The molecule has 8 heteroatoms. The first kappa shape index (κ1) is 14.7. The highest BCUT2D eigenvalue weighted by Crippen LogP contribution is 2.16. The summed E-state index contributed by atoms with van der Waals surface area (Å²) in [6.07, 6.45) is 3.91. The summed E-state index contributed by atoms with van der Waals surface area (Å²) in [5.41, 5.74) is 7.07. The molecule has 108 valence electrons. The zero-order chi connectivity index (χ0) is 14.5. The number of fused-ring (bicyclic) bond motifs is 1. The minimum absolute atomic E-state index is 0.0144. The van der Waals surface area contributed by atoms with Gasteiger partial charge in [0.1, 0.15) is 11.8 Å². The van der Waals surface area contributed by atoms with Gasteiger partial charge in [0.05, 0.1) is 12.4 Å². The molecule has 7 nitrogen and oxygen atoms in total. The maximum Gasteiger partial charge on any atom is 0.185 e. The van der Waals surface area contributed by atoms with Crippen molar-refractivity contribution < 1.29 is 9.53 Å². The summed E-state index contributed by atoms with van der Waals surface area (Å²) in [5, 5.41) is 0.0978. The topological polar surface area (TPSA) is 95.9 Å². The van der Waals surface area contributed by atoms with Crippen LogP contribution in [0.5, 0.6) is 0 Å². The molecule has 0 saturated heterocycles. The van der Waals surface area contributed by atoms with Crippen LogP contribution in [0.4, 0.5) is 5.82 Å². The standard InChI is InChI=1S/C12H17N5O2S/c1-8(18)20-5-9(19-2)3-4-17-7-16-10-11(13)14-6-15-12(10)17/h6-7,9H,3-5H2,1-2H3,(H2,13,14,15). The van der Waals surface area contributed by atoms with Gasteiger partial charge in [-0.05, 0) is 6.42 Å². The fourth-order valence-corrected chi connectivity index (χ4v) is 2.55. The number of anilines is 1. The molecule has 2 aromatic heterocycles. The zero-order valence-electron chi connectivity index (χ0n) is 11.4. The number of hydrogen-bond acceptors (Lipinski definition) is 7. The molecule has 0 bridgehead atoms. The second-order valence-corrected chi connectivity index (χ2v) is 5.51. The SMILES string of the molecule is COC(CCn1cnc2c(N)ncnc21)CSC(C)=O. The Kier molecular flexibility index (Phi) is 4.91. The lowest BCUT2D eigenvalue weighted by atomic mass is 10.3. The lowest BCUT2D eigenvalue weighted by molar-refractivity contribution is -0.109. The van der Waals surface area contributed by atoms with Crippen LogP contribution in [0.15, 0.2) is 12.7 Å². The van der Waals surface area contributed by atoms with E-state index in [0.29, 0.717) is 29.3 Å². The summed E-state index contributed by atoms with van der Waals surface area (Å²) < 4.78 is 7.29. The van der Waals surface area contributed by atoms with E-state index < -0.39 is 0 Å².